The number of aromatic amines is 1. The fourth-order valence-corrected chi connectivity index (χ4v) is 5.14. The van der Waals surface area contributed by atoms with E-state index in [2.05, 4.69) is 165 Å². The summed E-state index contributed by atoms with van der Waals surface area (Å²) in [5, 5.41) is 2.13. The van der Waals surface area contributed by atoms with Gasteiger partial charge >= 0.3 is 0 Å². The minimum Gasteiger partial charge on any atom is -0.469 e. The van der Waals surface area contributed by atoms with Crippen LogP contribution in [-0.4, -0.2) is 24.5 Å². The van der Waals surface area contributed by atoms with Crippen molar-refractivity contribution in [2.75, 3.05) is 0 Å². The predicted molar refractivity (Wildman–Crippen MR) is 234 cm³/mol. The summed E-state index contributed by atoms with van der Waals surface area (Å²) < 4.78 is 7.27. The third-order valence-corrected chi connectivity index (χ3v) is 9.23. The summed E-state index contributed by atoms with van der Waals surface area (Å²) >= 11 is 1.83. The molecule has 296 valence electrons. The molecule has 0 unspecified atom stereocenters. The fourth-order valence-electron chi connectivity index (χ4n) is 4.33. The second kappa shape index (κ2) is 22.9. The topological polar surface area (TPSA) is 72.5 Å². The lowest BCUT2D eigenvalue weighted by Gasteiger charge is -2.19. The van der Waals surface area contributed by atoms with Crippen LogP contribution in [0.4, 0.5) is 0 Å². The Balaban J connectivity index is 0.000000324. The first-order valence-electron chi connectivity index (χ1n) is 19.0. The molecule has 0 spiro atoms. The molecule has 1 N–H and O–H groups in total. The van der Waals surface area contributed by atoms with Crippen molar-refractivity contribution in [3.63, 3.8) is 0 Å². The number of pyridine rings is 2. The normalized spacial score (nSPS) is 11.3. The second-order valence-corrected chi connectivity index (χ2v) is 18.8. The van der Waals surface area contributed by atoms with Crippen molar-refractivity contribution in [1.82, 2.24) is 24.5 Å². The summed E-state index contributed by atoms with van der Waals surface area (Å²) in [6.07, 6.45) is 16.6. The monoisotopic (exact) mass is 754 g/mol. The van der Waals surface area contributed by atoms with Crippen LogP contribution in [0.2, 0.25) is 0 Å². The van der Waals surface area contributed by atoms with Crippen LogP contribution in [0.5, 0.6) is 0 Å². The van der Waals surface area contributed by atoms with Crippen LogP contribution >= 0.6 is 11.3 Å². The van der Waals surface area contributed by atoms with E-state index in [1.807, 2.05) is 85.0 Å². The minimum absolute atomic E-state index is 0.156. The van der Waals surface area contributed by atoms with Crippen molar-refractivity contribution in [1.29, 1.82) is 0 Å². The van der Waals surface area contributed by atoms with Crippen molar-refractivity contribution in [2.45, 2.75) is 144 Å². The number of imidazole rings is 1. The van der Waals surface area contributed by atoms with E-state index in [-0.39, 0.29) is 16.4 Å². The lowest BCUT2D eigenvalue weighted by molar-refractivity contribution is 0.396. The van der Waals surface area contributed by atoms with E-state index < -0.39 is 0 Å². The maximum Gasteiger partial charge on any atom is 0.109 e. The van der Waals surface area contributed by atoms with Gasteiger partial charge in [0.25, 0.3) is 0 Å². The summed E-state index contributed by atoms with van der Waals surface area (Å²) in [5.41, 5.74) is 4.89. The molecule has 54 heavy (non-hydrogen) atoms. The number of nitrogens with one attached hydrogen (secondary N) is 1. The Hall–Kier alpha value is -4.23. The van der Waals surface area contributed by atoms with Gasteiger partial charge < -0.3 is 14.0 Å². The molecular formula is C47H71N5OS. The zero-order valence-electron chi connectivity index (χ0n) is 36.3. The molecule has 7 heteroatoms. The van der Waals surface area contributed by atoms with E-state index in [9.17, 15) is 0 Å². The summed E-state index contributed by atoms with van der Waals surface area (Å²) in [7, 11) is 0. The molecule has 6 aromatic heterocycles. The van der Waals surface area contributed by atoms with Crippen LogP contribution in [0, 0.1) is 0 Å². The summed E-state index contributed by atoms with van der Waals surface area (Å²) in [4.78, 5) is 16.5. The van der Waals surface area contributed by atoms with Crippen molar-refractivity contribution in [3.8, 4) is 0 Å². The smallest absolute Gasteiger partial charge is 0.109 e. The number of aromatic nitrogens is 5. The largest absolute Gasteiger partial charge is 0.469 e. The summed E-state index contributed by atoms with van der Waals surface area (Å²) in [6, 6.07) is 20.5. The first kappa shape index (κ1) is 47.8. The third-order valence-electron chi connectivity index (χ3n) is 7.93. The molecule has 6 nitrogen and oxygen atoms in total. The Kier molecular flexibility index (Phi) is 20.2. The van der Waals surface area contributed by atoms with Crippen LogP contribution in [-0.2, 0) is 21.8 Å². The SMILES string of the molecule is CC(C)(C)c1ccc[nH]1.CC(C)(C)c1ccco1.CC(C)(C)c1cccs1.CC(C)(C)n1ccnc1.CC(C)c1cccnc1.CC(C)c1ccncc1. The van der Waals surface area contributed by atoms with Crippen molar-refractivity contribution >= 4 is 11.3 Å². The minimum atomic E-state index is 0.156. The number of hydrogen-bond acceptors (Lipinski definition) is 5. The molecule has 0 saturated heterocycles. The number of rotatable bonds is 2. The molecule has 0 amide bonds. The van der Waals surface area contributed by atoms with Gasteiger partial charge in [0.2, 0.25) is 0 Å². The van der Waals surface area contributed by atoms with Gasteiger partial charge in [0.05, 0.1) is 12.6 Å². The van der Waals surface area contributed by atoms with Gasteiger partial charge in [0, 0.05) is 70.3 Å². The molecule has 6 aromatic rings. The van der Waals surface area contributed by atoms with Gasteiger partial charge in [-0.05, 0) is 103 Å². The zero-order chi connectivity index (χ0) is 41.0. The maximum atomic E-state index is 5.20. The van der Waals surface area contributed by atoms with Crippen LogP contribution in [0.1, 0.15) is 150 Å². The maximum absolute atomic E-state index is 5.20. The molecule has 0 fully saturated rings. The molecule has 0 aliphatic carbocycles. The highest BCUT2D eigenvalue weighted by Gasteiger charge is 2.16. The molecule has 6 heterocycles. The number of thiophene rings is 1. The third kappa shape index (κ3) is 20.3. The molecule has 0 aliphatic heterocycles. The van der Waals surface area contributed by atoms with Crippen LogP contribution in [0.25, 0.3) is 0 Å². The highest BCUT2D eigenvalue weighted by molar-refractivity contribution is 7.10. The van der Waals surface area contributed by atoms with Gasteiger partial charge in [-0.15, -0.1) is 11.3 Å². The lowest BCUT2D eigenvalue weighted by Crippen LogP contribution is -2.19. The number of H-pyrrole nitrogens is 1. The molecule has 0 bridgehead atoms. The molecule has 0 aromatic carbocycles. The number of nitrogens with zero attached hydrogens (tertiary/aromatic N) is 4. The van der Waals surface area contributed by atoms with E-state index in [4.69, 9.17) is 4.42 Å². The van der Waals surface area contributed by atoms with Gasteiger partial charge in [-0.3, -0.25) is 9.97 Å². The quantitative estimate of drug-likeness (QED) is 0.191. The Morgan fingerprint density at radius 3 is 1.52 bits per heavy atom. The molecule has 0 saturated carbocycles. The Morgan fingerprint density at radius 2 is 1.26 bits per heavy atom. The van der Waals surface area contributed by atoms with E-state index in [0.29, 0.717) is 17.3 Å². The summed E-state index contributed by atoms with van der Waals surface area (Å²) in [6.45, 7) is 34.8. The van der Waals surface area contributed by atoms with E-state index in [1.54, 1.807) is 18.7 Å². The van der Waals surface area contributed by atoms with Crippen LogP contribution < -0.4 is 0 Å². The standard InChI is InChI=1S/C8H13N.2C8H11N.C8H12O.C8H12S.C7H12N2/c1-8(2,3)7-5-4-6-9-7;1-7(2)8-3-5-9-6-4-8;1-7(2)8-4-3-5-9-6-8;2*1-8(2,3)7-5-4-6-9-7;1-7(2,3)9-5-4-8-6-9/h4-6,9H,1-3H3;2*3-7H,1-2H3;3*4-6H,1-3H3. The predicted octanol–water partition coefficient (Wildman–Crippen LogP) is 14.0. The Morgan fingerprint density at radius 1 is 0.611 bits per heavy atom. The van der Waals surface area contributed by atoms with Crippen molar-refractivity contribution in [3.05, 3.63) is 149 Å². The van der Waals surface area contributed by atoms with Gasteiger partial charge in [-0.1, -0.05) is 102 Å². The molecule has 0 aliphatic rings. The average molecular weight is 754 g/mol. The van der Waals surface area contributed by atoms with Gasteiger partial charge in [-0.2, -0.15) is 0 Å². The molecule has 6 rings (SSSR count). The van der Waals surface area contributed by atoms with Gasteiger partial charge in [0.15, 0.2) is 0 Å². The Labute approximate surface area is 332 Å². The highest BCUT2D eigenvalue weighted by Crippen LogP contribution is 2.26. The van der Waals surface area contributed by atoms with Crippen molar-refractivity contribution in [2.24, 2.45) is 0 Å². The lowest BCUT2D eigenvalue weighted by atomic mass is 9.93. The first-order chi connectivity index (χ1) is 25.0. The highest BCUT2D eigenvalue weighted by atomic mass is 32.1. The Bertz CT molecular complexity index is 1470. The van der Waals surface area contributed by atoms with E-state index in [0.717, 1.165) is 5.76 Å². The molecule has 0 atom stereocenters. The fraction of sp³-hybridized carbons (Fsp3) is 0.468. The van der Waals surface area contributed by atoms with Crippen molar-refractivity contribution < 1.29 is 4.42 Å². The van der Waals surface area contributed by atoms with E-state index in [1.165, 1.54) is 21.7 Å². The average Bonchev–Trinajstić information content (AvgIpc) is 3.94. The molecule has 0 radical (unpaired) electrons. The molecular weight excluding hydrogens is 683 g/mol. The van der Waals surface area contributed by atoms with Gasteiger partial charge in [-0.25, -0.2) is 4.98 Å². The van der Waals surface area contributed by atoms with Crippen LogP contribution in [0.15, 0.2) is 126 Å². The van der Waals surface area contributed by atoms with Crippen LogP contribution in [0.3, 0.4) is 0 Å². The summed E-state index contributed by atoms with van der Waals surface area (Å²) in [5.74, 6) is 2.26. The number of furan rings is 1. The first-order valence-corrected chi connectivity index (χ1v) is 19.9. The number of hydrogen-bond donors (Lipinski definition) is 1. The van der Waals surface area contributed by atoms with Gasteiger partial charge in [0.1, 0.15) is 5.76 Å². The second-order valence-electron chi connectivity index (χ2n) is 17.8. The van der Waals surface area contributed by atoms with E-state index >= 15 is 0 Å². The zero-order valence-corrected chi connectivity index (χ0v) is 37.1.